The van der Waals surface area contributed by atoms with Gasteiger partial charge in [-0.2, -0.15) is 13.2 Å². The lowest BCUT2D eigenvalue weighted by Gasteiger charge is -2.32. The molecule has 29 heavy (non-hydrogen) atoms. The molecule has 3 heterocycles. The number of nitrogens with zero attached hydrogens (tertiary/aromatic N) is 5. The van der Waals surface area contributed by atoms with Crippen molar-refractivity contribution in [2.24, 2.45) is 5.92 Å². The summed E-state index contributed by atoms with van der Waals surface area (Å²) in [5, 5.41) is 9.51. The van der Waals surface area contributed by atoms with Crippen molar-refractivity contribution in [3.63, 3.8) is 0 Å². The van der Waals surface area contributed by atoms with Gasteiger partial charge in [0.25, 0.3) is 0 Å². The van der Waals surface area contributed by atoms with Crippen molar-refractivity contribution in [2.45, 2.75) is 51.1 Å². The van der Waals surface area contributed by atoms with Gasteiger partial charge in [-0.3, -0.25) is 4.79 Å². The number of H-pyrrole nitrogens is 1. The number of carbonyl (C=O) groups is 1. The van der Waals surface area contributed by atoms with Crippen LogP contribution in [0, 0.1) is 5.92 Å². The Balaban J connectivity index is 1.46. The first-order chi connectivity index (χ1) is 13.9. The number of rotatable bonds is 5. The van der Waals surface area contributed by atoms with Crippen LogP contribution < -0.4 is 0 Å². The van der Waals surface area contributed by atoms with Gasteiger partial charge in [0.15, 0.2) is 0 Å². The van der Waals surface area contributed by atoms with E-state index in [4.69, 9.17) is 0 Å². The largest absolute Gasteiger partial charge is 0.406 e. The van der Waals surface area contributed by atoms with Gasteiger partial charge in [0.1, 0.15) is 24.0 Å². The van der Waals surface area contributed by atoms with E-state index in [2.05, 4.69) is 20.3 Å². The lowest BCUT2D eigenvalue weighted by molar-refractivity contribution is -0.162. The fraction of sp³-hybridized carbons (Fsp3) is 0.579. The number of hydrogen-bond acceptors (Lipinski definition) is 4. The van der Waals surface area contributed by atoms with Crippen molar-refractivity contribution in [2.75, 3.05) is 13.1 Å². The summed E-state index contributed by atoms with van der Waals surface area (Å²) in [6, 6.07) is 1.95. The number of amides is 1. The summed E-state index contributed by atoms with van der Waals surface area (Å²) in [6.45, 7) is 0.580. The van der Waals surface area contributed by atoms with Crippen LogP contribution >= 0.6 is 0 Å². The fourth-order valence-corrected chi connectivity index (χ4v) is 4.32. The Morgan fingerprint density at radius 2 is 2.07 bits per heavy atom. The third-order valence-corrected chi connectivity index (χ3v) is 5.73. The summed E-state index contributed by atoms with van der Waals surface area (Å²) in [5.74, 6) is -0.182. The molecular formula is C19H23F3N6O. The molecule has 1 saturated carbocycles. The van der Waals surface area contributed by atoms with Crippen LogP contribution in [0.2, 0.25) is 0 Å². The molecule has 0 radical (unpaired) electrons. The van der Waals surface area contributed by atoms with E-state index >= 15 is 0 Å². The summed E-state index contributed by atoms with van der Waals surface area (Å²) < 4.78 is 40.2. The van der Waals surface area contributed by atoms with Crippen molar-refractivity contribution < 1.29 is 18.0 Å². The Labute approximate surface area is 165 Å². The van der Waals surface area contributed by atoms with Crippen LogP contribution in [0.1, 0.15) is 50.6 Å². The third kappa shape index (κ3) is 4.06. The molecule has 1 amide bonds. The van der Waals surface area contributed by atoms with Gasteiger partial charge >= 0.3 is 6.18 Å². The van der Waals surface area contributed by atoms with E-state index in [0.717, 1.165) is 52.8 Å². The Morgan fingerprint density at radius 3 is 2.76 bits per heavy atom. The van der Waals surface area contributed by atoms with Crippen molar-refractivity contribution in [1.29, 1.82) is 0 Å². The van der Waals surface area contributed by atoms with Crippen LogP contribution in [-0.4, -0.2) is 54.9 Å². The van der Waals surface area contributed by atoms with E-state index in [-0.39, 0.29) is 24.8 Å². The SMILES string of the molecule is CCC(=O)N(CC1CCC(c2nnn3cnc4[nH]ccc4c23)CC1)CC(F)(F)F. The number of alkyl halides is 3. The molecular weight excluding hydrogens is 385 g/mol. The van der Waals surface area contributed by atoms with Crippen molar-refractivity contribution >= 4 is 22.5 Å². The fourth-order valence-electron chi connectivity index (χ4n) is 4.32. The van der Waals surface area contributed by atoms with Gasteiger partial charge in [0, 0.05) is 30.5 Å². The first kappa shape index (κ1) is 19.7. The molecule has 3 aromatic rings. The molecule has 1 N–H and O–H groups in total. The molecule has 1 fully saturated rings. The third-order valence-electron chi connectivity index (χ3n) is 5.73. The molecule has 3 aromatic heterocycles. The first-order valence-electron chi connectivity index (χ1n) is 9.87. The van der Waals surface area contributed by atoms with Crippen LogP contribution in [0.3, 0.4) is 0 Å². The van der Waals surface area contributed by atoms with E-state index < -0.39 is 18.6 Å². The van der Waals surface area contributed by atoms with Crippen molar-refractivity contribution in [3.05, 3.63) is 24.3 Å². The van der Waals surface area contributed by atoms with Gasteiger partial charge in [0.2, 0.25) is 5.91 Å². The second kappa shape index (κ2) is 7.64. The summed E-state index contributed by atoms with van der Waals surface area (Å²) in [6.07, 6.45) is 2.30. The number of aromatic amines is 1. The predicted octanol–water partition coefficient (Wildman–Crippen LogP) is 3.68. The van der Waals surface area contributed by atoms with E-state index in [1.54, 1.807) is 17.8 Å². The van der Waals surface area contributed by atoms with E-state index in [1.807, 2.05) is 12.3 Å². The zero-order valence-corrected chi connectivity index (χ0v) is 16.1. The smallest absolute Gasteiger partial charge is 0.346 e. The minimum atomic E-state index is -4.38. The van der Waals surface area contributed by atoms with Gasteiger partial charge in [0.05, 0.1) is 5.69 Å². The molecule has 0 bridgehead atoms. The maximum Gasteiger partial charge on any atom is 0.406 e. The zero-order chi connectivity index (χ0) is 20.6. The maximum atomic E-state index is 12.8. The lowest BCUT2D eigenvalue weighted by Crippen LogP contribution is -2.42. The normalized spacial score (nSPS) is 20.4. The van der Waals surface area contributed by atoms with Gasteiger partial charge in [-0.1, -0.05) is 12.1 Å². The molecule has 4 rings (SSSR count). The summed E-state index contributed by atoms with van der Waals surface area (Å²) in [7, 11) is 0. The average Bonchev–Trinajstić information content (AvgIpc) is 3.32. The zero-order valence-electron chi connectivity index (χ0n) is 16.1. The minimum Gasteiger partial charge on any atom is -0.346 e. The number of halogens is 3. The molecule has 1 aliphatic rings. The van der Waals surface area contributed by atoms with Crippen molar-refractivity contribution in [1.82, 2.24) is 29.7 Å². The second-order valence-corrected chi connectivity index (χ2v) is 7.71. The molecule has 0 unspecified atom stereocenters. The van der Waals surface area contributed by atoms with Gasteiger partial charge in [-0.15, -0.1) is 5.10 Å². The highest BCUT2D eigenvalue weighted by atomic mass is 19.4. The summed E-state index contributed by atoms with van der Waals surface area (Å²) in [5.41, 5.74) is 2.61. The maximum absolute atomic E-state index is 12.8. The number of aromatic nitrogens is 5. The van der Waals surface area contributed by atoms with Crippen molar-refractivity contribution in [3.8, 4) is 0 Å². The summed E-state index contributed by atoms with van der Waals surface area (Å²) in [4.78, 5) is 20.3. The number of hydrogen-bond donors (Lipinski definition) is 1. The highest BCUT2D eigenvalue weighted by Gasteiger charge is 2.35. The standard InChI is InChI=1S/C19H23F3N6O/c1-2-15(29)27(10-19(20,21)22)9-12-3-5-13(6-4-12)16-17-14-7-8-23-18(14)24-11-28(17)26-25-16/h7-8,11-13,23H,2-6,9-10H2,1H3. The summed E-state index contributed by atoms with van der Waals surface area (Å²) >= 11 is 0. The second-order valence-electron chi connectivity index (χ2n) is 7.71. The van der Waals surface area contributed by atoms with Crippen LogP contribution in [0.4, 0.5) is 13.2 Å². The molecule has 0 saturated heterocycles. The predicted molar refractivity (Wildman–Crippen MR) is 100 cm³/mol. The van der Waals surface area contributed by atoms with Gasteiger partial charge < -0.3 is 9.88 Å². The molecule has 0 atom stereocenters. The Morgan fingerprint density at radius 1 is 1.31 bits per heavy atom. The number of carbonyl (C=O) groups excluding carboxylic acids is 1. The van der Waals surface area contributed by atoms with E-state index in [0.29, 0.717) is 0 Å². The van der Waals surface area contributed by atoms with Crippen LogP contribution in [0.15, 0.2) is 18.6 Å². The van der Waals surface area contributed by atoms with Crippen LogP contribution in [0.25, 0.3) is 16.6 Å². The first-order valence-corrected chi connectivity index (χ1v) is 9.87. The van der Waals surface area contributed by atoms with Crippen LogP contribution in [0.5, 0.6) is 0 Å². The average molecular weight is 408 g/mol. The molecule has 10 heteroatoms. The highest BCUT2D eigenvalue weighted by molar-refractivity contribution is 5.92. The Kier molecular flexibility index (Phi) is 5.18. The van der Waals surface area contributed by atoms with Crippen LogP contribution in [-0.2, 0) is 4.79 Å². The minimum absolute atomic E-state index is 0.0693. The monoisotopic (exact) mass is 408 g/mol. The topological polar surface area (TPSA) is 79.2 Å². The molecule has 7 nitrogen and oxygen atoms in total. The number of fused-ring (bicyclic) bond motifs is 3. The molecule has 0 spiro atoms. The number of nitrogens with one attached hydrogen (secondary N) is 1. The molecule has 1 aliphatic carbocycles. The van der Waals surface area contributed by atoms with Gasteiger partial charge in [-0.25, -0.2) is 9.50 Å². The van der Waals surface area contributed by atoms with E-state index in [9.17, 15) is 18.0 Å². The molecule has 0 aliphatic heterocycles. The van der Waals surface area contributed by atoms with Gasteiger partial charge in [-0.05, 0) is 37.7 Å². The quantitative estimate of drug-likeness (QED) is 0.699. The highest BCUT2D eigenvalue weighted by Crippen LogP contribution is 2.38. The molecule has 156 valence electrons. The molecule has 0 aromatic carbocycles. The Hall–Kier alpha value is -2.65. The Bertz CT molecular complexity index is 1000. The van der Waals surface area contributed by atoms with E-state index in [1.165, 1.54) is 0 Å². The lowest BCUT2D eigenvalue weighted by atomic mass is 9.80.